The van der Waals surface area contributed by atoms with Crippen molar-refractivity contribution < 1.29 is 9.47 Å². The summed E-state index contributed by atoms with van der Waals surface area (Å²) in [5, 5.41) is 2.45. The molecule has 1 atom stereocenters. The second-order valence-corrected chi connectivity index (χ2v) is 6.48. The molecule has 0 heterocycles. The van der Waals surface area contributed by atoms with Gasteiger partial charge in [0.25, 0.3) is 0 Å². The molecule has 3 nitrogen and oxygen atoms in total. The third kappa shape index (κ3) is 4.40. The van der Waals surface area contributed by atoms with E-state index in [9.17, 15) is 0 Å². The Bertz CT molecular complexity index is 668. The van der Waals surface area contributed by atoms with Gasteiger partial charge < -0.3 is 9.47 Å². The summed E-state index contributed by atoms with van der Waals surface area (Å²) in [7, 11) is 3.95. The van der Waals surface area contributed by atoms with E-state index in [2.05, 4.69) is 49.2 Å². The first-order valence-corrected chi connectivity index (χ1v) is 8.16. The predicted molar refractivity (Wildman–Crippen MR) is 96.0 cm³/mol. The van der Waals surface area contributed by atoms with E-state index in [0.717, 1.165) is 5.75 Å². The Morgan fingerprint density at radius 1 is 1.05 bits per heavy atom. The third-order valence-electron chi connectivity index (χ3n) is 3.21. The normalized spacial score (nSPS) is 11.6. The van der Waals surface area contributed by atoms with Gasteiger partial charge in [-0.3, -0.25) is 4.99 Å². The quantitative estimate of drug-likeness (QED) is 0.466. The molecule has 0 fully saturated rings. The van der Waals surface area contributed by atoms with Crippen LogP contribution in [0.2, 0.25) is 0 Å². The second kappa shape index (κ2) is 8.07. The largest absolute Gasteiger partial charge is 0.467 e. The Kier molecular flexibility index (Phi) is 6.11. The first kappa shape index (κ1) is 16.7. The summed E-state index contributed by atoms with van der Waals surface area (Å²) in [5.74, 6) is 0.880. The van der Waals surface area contributed by atoms with E-state index in [0.29, 0.717) is 8.58 Å². The average Bonchev–Trinajstić information content (AvgIpc) is 2.49. The molecular weight excluding hydrogens is 293 g/mol. The van der Waals surface area contributed by atoms with Gasteiger partial charge in [0.15, 0.2) is 6.79 Å². The number of benzene rings is 2. The first-order valence-electron chi connectivity index (χ1n) is 7.16. The zero-order chi connectivity index (χ0) is 15.9. The summed E-state index contributed by atoms with van der Waals surface area (Å²) in [6.45, 7) is 4.45. The molecule has 0 N–H and O–H groups in total. The van der Waals surface area contributed by atoms with Crippen LogP contribution >= 0.6 is 8.58 Å². The van der Waals surface area contributed by atoms with E-state index in [4.69, 9.17) is 9.47 Å². The van der Waals surface area contributed by atoms with Crippen molar-refractivity contribution in [3.8, 4) is 5.75 Å². The second-order valence-electron chi connectivity index (χ2n) is 5.15. The number of ether oxygens (including phenoxy) is 2. The first-order chi connectivity index (χ1) is 10.6. The Morgan fingerprint density at radius 2 is 1.77 bits per heavy atom. The van der Waals surface area contributed by atoms with Gasteiger partial charge in [0.1, 0.15) is 5.75 Å². The van der Waals surface area contributed by atoms with E-state index >= 15 is 0 Å². The lowest BCUT2D eigenvalue weighted by Crippen LogP contribution is -2.13. The molecule has 0 amide bonds. The minimum Gasteiger partial charge on any atom is -0.467 e. The molecule has 1 unspecified atom stereocenters. The number of hydrogen-bond donors (Lipinski definition) is 0. The Hall–Kier alpha value is -1.70. The summed E-state index contributed by atoms with van der Waals surface area (Å²) in [6, 6.07) is 12.7. The molecular formula is C18H22NO2P. The zero-order valence-corrected chi connectivity index (χ0v) is 14.5. The molecule has 0 aliphatic rings. The number of aryl methyl sites for hydroxylation is 2. The fourth-order valence-electron chi connectivity index (χ4n) is 2.18. The molecule has 0 bridgehead atoms. The van der Waals surface area contributed by atoms with E-state index in [-0.39, 0.29) is 6.79 Å². The number of hydrogen-bond acceptors (Lipinski definition) is 3. The van der Waals surface area contributed by atoms with Crippen LogP contribution in [0.4, 0.5) is 0 Å². The average molecular weight is 315 g/mol. The topological polar surface area (TPSA) is 30.8 Å². The van der Waals surface area contributed by atoms with E-state index in [1.165, 1.54) is 27.3 Å². The van der Waals surface area contributed by atoms with Crippen molar-refractivity contribution >= 4 is 25.4 Å². The highest BCUT2D eigenvalue weighted by Crippen LogP contribution is 2.22. The zero-order valence-electron chi connectivity index (χ0n) is 13.5. The molecule has 0 aliphatic heterocycles. The van der Waals surface area contributed by atoms with E-state index in [1.54, 1.807) is 14.2 Å². The highest BCUT2D eigenvalue weighted by Gasteiger charge is 2.08. The van der Waals surface area contributed by atoms with Gasteiger partial charge in [-0.1, -0.05) is 37.9 Å². The summed E-state index contributed by atoms with van der Waals surface area (Å²) < 4.78 is 10.7. The van der Waals surface area contributed by atoms with Crippen LogP contribution in [0.15, 0.2) is 41.4 Å². The maximum atomic E-state index is 5.69. The van der Waals surface area contributed by atoms with Crippen molar-refractivity contribution in [2.45, 2.75) is 13.8 Å². The van der Waals surface area contributed by atoms with Crippen LogP contribution < -0.4 is 15.3 Å². The number of nitrogens with zero attached hydrogens (tertiary/aromatic N) is 1. The molecule has 2 rings (SSSR count). The lowest BCUT2D eigenvalue weighted by atomic mass is 10.1. The van der Waals surface area contributed by atoms with Crippen LogP contribution in [0.1, 0.15) is 16.7 Å². The highest BCUT2D eigenvalue weighted by atomic mass is 31.1. The maximum Gasteiger partial charge on any atom is 0.188 e. The van der Waals surface area contributed by atoms with Crippen molar-refractivity contribution in [1.82, 2.24) is 0 Å². The van der Waals surface area contributed by atoms with Crippen LogP contribution in [-0.2, 0) is 4.74 Å². The lowest BCUT2D eigenvalue weighted by molar-refractivity contribution is 0.0519. The van der Waals surface area contributed by atoms with E-state index < -0.39 is 0 Å². The molecule has 0 aromatic heterocycles. The van der Waals surface area contributed by atoms with Gasteiger partial charge in [-0.2, -0.15) is 0 Å². The fraction of sp³-hybridized carbons (Fsp3) is 0.278. The summed E-state index contributed by atoms with van der Waals surface area (Å²) in [4.78, 5) is 4.17. The number of aliphatic imine (C=N–C) groups is 1. The van der Waals surface area contributed by atoms with E-state index in [1.807, 2.05) is 12.3 Å². The Balaban J connectivity index is 2.35. The maximum absolute atomic E-state index is 5.69. The van der Waals surface area contributed by atoms with Gasteiger partial charge in [-0.05, 0) is 37.4 Å². The van der Waals surface area contributed by atoms with Crippen molar-refractivity contribution in [1.29, 1.82) is 0 Å². The lowest BCUT2D eigenvalue weighted by Gasteiger charge is -2.13. The van der Waals surface area contributed by atoms with Gasteiger partial charge in [0, 0.05) is 31.2 Å². The van der Waals surface area contributed by atoms with Gasteiger partial charge in [-0.15, -0.1) is 0 Å². The summed E-state index contributed by atoms with van der Waals surface area (Å²) in [6.07, 6.45) is 1.92. The molecule has 22 heavy (non-hydrogen) atoms. The monoisotopic (exact) mass is 315 g/mol. The molecule has 2 aromatic carbocycles. The van der Waals surface area contributed by atoms with Crippen molar-refractivity contribution in [2.75, 3.05) is 21.0 Å². The fourth-order valence-corrected chi connectivity index (χ4v) is 3.49. The van der Waals surface area contributed by atoms with Crippen LogP contribution in [0, 0.1) is 13.8 Å². The number of methoxy groups -OCH3 is 1. The Labute approximate surface area is 134 Å². The standard InChI is InChI=1S/C18H22NO2P/c1-13-6-8-17(15(9-13)11-19-3)22-18-10-14(2)5-7-16(18)21-12-20-4/h5-11,22H,12H2,1-4H3/b19-11+. The van der Waals surface area contributed by atoms with Crippen LogP contribution in [-0.4, -0.2) is 27.2 Å². The van der Waals surface area contributed by atoms with Crippen molar-refractivity contribution in [3.05, 3.63) is 53.1 Å². The molecule has 0 saturated heterocycles. The molecule has 2 aromatic rings. The Morgan fingerprint density at radius 3 is 2.50 bits per heavy atom. The highest BCUT2D eigenvalue weighted by molar-refractivity contribution is 7.56. The minimum atomic E-state index is 0.262. The predicted octanol–water partition coefficient (Wildman–Crippen LogP) is 2.96. The molecule has 116 valence electrons. The van der Waals surface area contributed by atoms with Gasteiger partial charge in [0.2, 0.25) is 0 Å². The smallest absolute Gasteiger partial charge is 0.188 e. The summed E-state index contributed by atoms with van der Waals surface area (Å²) >= 11 is 0. The summed E-state index contributed by atoms with van der Waals surface area (Å²) in [5.41, 5.74) is 3.63. The molecule has 0 radical (unpaired) electrons. The molecule has 0 spiro atoms. The number of rotatable bonds is 6. The molecule has 0 saturated carbocycles. The minimum absolute atomic E-state index is 0.262. The van der Waals surface area contributed by atoms with Gasteiger partial charge in [0.05, 0.1) is 0 Å². The van der Waals surface area contributed by atoms with Crippen molar-refractivity contribution in [2.24, 2.45) is 4.99 Å². The van der Waals surface area contributed by atoms with Crippen LogP contribution in [0.5, 0.6) is 5.75 Å². The SMILES string of the molecule is C/N=C/c1cc(C)ccc1Pc1cc(C)ccc1OCOC. The van der Waals surface area contributed by atoms with Gasteiger partial charge >= 0.3 is 0 Å². The van der Waals surface area contributed by atoms with Crippen LogP contribution in [0.25, 0.3) is 0 Å². The third-order valence-corrected chi connectivity index (χ3v) is 4.60. The molecule has 0 aliphatic carbocycles. The molecule has 4 heteroatoms. The van der Waals surface area contributed by atoms with Crippen molar-refractivity contribution in [3.63, 3.8) is 0 Å². The van der Waals surface area contributed by atoms with Crippen LogP contribution in [0.3, 0.4) is 0 Å². The van der Waals surface area contributed by atoms with Gasteiger partial charge in [-0.25, -0.2) is 0 Å².